The van der Waals surface area contributed by atoms with Crippen molar-refractivity contribution in [3.8, 4) is 0 Å². The Morgan fingerprint density at radius 2 is 1.59 bits per heavy atom. The Morgan fingerprint density at radius 1 is 0.815 bits per heavy atom. The van der Waals surface area contributed by atoms with Gasteiger partial charge in [0.1, 0.15) is 5.82 Å². The van der Waals surface area contributed by atoms with Crippen LogP contribution in [-0.2, 0) is 12.8 Å². The standard InChI is InChI=1S/C23H17FN2O/c24-17-8-9-19-16(13-17)7-6-15-3-1-2-4-18(15)20(19)11-14-5-10-21-22(12-14)26-23(27)25-21/h1-5,8-13H,6-7H2,(H2,25,26,27)/b20-11-. The van der Waals surface area contributed by atoms with Crippen LogP contribution in [0.4, 0.5) is 4.39 Å². The number of aromatic amines is 2. The first-order valence-electron chi connectivity index (χ1n) is 8.98. The summed E-state index contributed by atoms with van der Waals surface area (Å²) in [6, 6.07) is 19.2. The van der Waals surface area contributed by atoms with E-state index in [0.29, 0.717) is 0 Å². The number of H-pyrrole nitrogens is 2. The lowest BCUT2D eigenvalue weighted by atomic mass is 9.92. The van der Waals surface area contributed by atoms with Gasteiger partial charge in [-0.1, -0.05) is 36.4 Å². The van der Waals surface area contributed by atoms with E-state index in [1.807, 2.05) is 36.4 Å². The van der Waals surface area contributed by atoms with Crippen LogP contribution in [0, 0.1) is 5.82 Å². The third-order valence-corrected chi connectivity index (χ3v) is 5.18. The first kappa shape index (κ1) is 15.8. The van der Waals surface area contributed by atoms with Crippen molar-refractivity contribution in [1.29, 1.82) is 0 Å². The van der Waals surface area contributed by atoms with Crippen LogP contribution in [0.3, 0.4) is 0 Å². The van der Waals surface area contributed by atoms with Gasteiger partial charge in [0.2, 0.25) is 0 Å². The van der Waals surface area contributed by atoms with Crippen molar-refractivity contribution in [2.75, 3.05) is 0 Å². The lowest BCUT2D eigenvalue weighted by Crippen LogP contribution is -1.99. The highest BCUT2D eigenvalue weighted by atomic mass is 19.1. The lowest BCUT2D eigenvalue weighted by Gasteiger charge is -2.12. The molecule has 0 amide bonds. The van der Waals surface area contributed by atoms with Gasteiger partial charge in [-0.2, -0.15) is 0 Å². The number of benzene rings is 3. The fourth-order valence-electron chi connectivity index (χ4n) is 3.91. The fraction of sp³-hybridized carbons (Fsp3) is 0.0870. The molecule has 0 fully saturated rings. The van der Waals surface area contributed by atoms with Crippen molar-refractivity contribution in [1.82, 2.24) is 9.97 Å². The Bertz CT molecular complexity index is 1260. The van der Waals surface area contributed by atoms with Crippen molar-refractivity contribution in [3.05, 3.63) is 105 Å². The van der Waals surface area contributed by atoms with Crippen LogP contribution in [0.15, 0.2) is 65.5 Å². The van der Waals surface area contributed by atoms with Crippen LogP contribution in [0.1, 0.15) is 27.8 Å². The Kier molecular flexibility index (Phi) is 3.57. The van der Waals surface area contributed by atoms with Gasteiger partial charge in [-0.25, -0.2) is 9.18 Å². The predicted molar refractivity (Wildman–Crippen MR) is 106 cm³/mol. The molecule has 1 aliphatic rings. The third-order valence-electron chi connectivity index (χ3n) is 5.18. The first-order chi connectivity index (χ1) is 13.2. The second kappa shape index (κ2) is 6.09. The molecule has 1 aliphatic carbocycles. The summed E-state index contributed by atoms with van der Waals surface area (Å²) in [5.41, 5.74) is 7.92. The zero-order valence-corrected chi connectivity index (χ0v) is 14.6. The summed E-state index contributed by atoms with van der Waals surface area (Å²) in [5.74, 6) is -0.203. The highest BCUT2D eigenvalue weighted by molar-refractivity contribution is 5.95. The second-order valence-electron chi connectivity index (χ2n) is 6.90. The molecule has 0 saturated heterocycles. The van der Waals surface area contributed by atoms with Crippen molar-refractivity contribution < 1.29 is 4.39 Å². The summed E-state index contributed by atoms with van der Waals surface area (Å²) in [4.78, 5) is 17.1. The van der Waals surface area contributed by atoms with Crippen LogP contribution in [0.2, 0.25) is 0 Å². The van der Waals surface area contributed by atoms with E-state index in [1.54, 1.807) is 6.07 Å². The van der Waals surface area contributed by atoms with E-state index in [-0.39, 0.29) is 11.5 Å². The molecule has 0 radical (unpaired) electrons. The number of rotatable bonds is 1. The highest BCUT2D eigenvalue weighted by Gasteiger charge is 2.18. The quantitative estimate of drug-likeness (QED) is 0.511. The maximum atomic E-state index is 13.8. The summed E-state index contributed by atoms with van der Waals surface area (Å²) in [6.45, 7) is 0. The molecule has 0 bridgehead atoms. The molecule has 0 aliphatic heterocycles. The summed E-state index contributed by atoms with van der Waals surface area (Å²) in [5, 5.41) is 0. The van der Waals surface area contributed by atoms with Crippen molar-refractivity contribution >= 4 is 22.7 Å². The highest BCUT2D eigenvalue weighted by Crippen LogP contribution is 2.35. The summed E-state index contributed by atoms with van der Waals surface area (Å²) < 4.78 is 13.8. The normalized spacial score (nSPS) is 14.8. The largest absolute Gasteiger partial charge is 0.323 e. The zero-order chi connectivity index (χ0) is 18.4. The summed E-state index contributed by atoms with van der Waals surface area (Å²) in [7, 11) is 0. The number of hydrogen-bond acceptors (Lipinski definition) is 1. The maximum Gasteiger partial charge on any atom is 0.323 e. The number of aryl methyl sites for hydroxylation is 2. The molecule has 2 N–H and O–H groups in total. The molecule has 1 aromatic heterocycles. The van der Waals surface area contributed by atoms with Gasteiger partial charge >= 0.3 is 5.69 Å². The molecular formula is C23H17FN2O. The fourth-order valence-corrected chi connectivity index (χ4v) is 3.91. The smallest absolute Gasteiger partial charge is 0.306 e. The van der Waals surface area contributed by atoms with E-state index < -0.39 is 0 Å². The monoisotopic (exact) mass is 356 g/mol. The molecule has 1 heterocycles. The van der Waals surface area contributed by atoms with Gasteiger partial charge in [-0.3, -0.25) is 0 Å². The van der Waals surface area contributed by atoms with Crippen LogP contribution in [0.5, 0.6) is 0 Å². The molecule has 0 spiro atoms. The predicted octanol–water partition coefficient (Wildman–Crippen LogP) is 4.68. The second-order valence-corrected chi connectivity index (χ2v) is 6.90. The van der Waals surface area contributed by atoms with Crippen LogP contribution in [0.25, 0.3) is 22.7 Å². The molecular weight excluding hydrogens is 339 g/mol. The van der Waals surface area contributed by atoms with Gasteiger partial charge < -0.3 is 9.97 Å². The molecule has 3 aromatic carbocycles. The molecule has 4 heteroatoms. The third kappa shape index (κ3) is 2.79. The molecule has 132 valence electrons. The number of hydrogen-bond donors (Lipinski definition) is 2. The topological polar surface area (TPSA) is 48.6 Å². The Hall–Kier alpha value is -3.40. The van der Waals surface area contributed by atoms with Gasteiger partial charge in [0.25, 0.3) is 0 Å². The van der Waals surface area contributed by atoms with E-state index in [2.05, 4.69) is 28.2 Å². The molecule has 0 unspecified atom stereocenters. The number of halogens is 1. The Balaban J connectivity index is 1.75. The van der Waals surface area contributed by atoms with Crippen LogP contribution >= 0.6 is 0 Å². The lowest BCUT2D eigenvalue weighted by molar-refractivity contribution is 0.625. The van der Waals surface area contributed by atoms with Gasteiger partial charge in [0, 0.05) is 0 Å². The van der Waals surface area contributed by atoms with Crippen molar-refractivity contribution in [2.45, 2.75) is 12.8 Å². The van der Waals surface area contributed by atoms with Gasteiger partial charge in [-0.15, -0.1) is 0 Å². The molecule has 5 rings (SSSR count). The minimum atomic E-state index is -0.213. The number of aromatic nitrogens is 2. The van der Waals surface area contributed by atoms with Crippen molar-refractivity contribution in [2.24, 2.45) is 0 Å². The molecule has 3 nitrogen and oxygen atoms in total. The van der Waals surface area contributed by atoms with E-state index in [4.69, 9.17) is 0 Å². The average molecular weight is 356 g/mol. The Morgan fingerprint density at radius 3 is 2.52 bits per heavy atom. The minimum absolute atomic E-state index is 0.203. The van der Waals surface area contributed by atoms with Gasteiger partial charge in [0.05, 0.1) is 11.0 Å². The number of fused-ring (bicyclic) bond motifs is 3. The van der Waals surface area contributed by atoms with Crippen molar-refractivity contribution in [3.63, 3.8) is 0 Å². The average Bonchev–Trinajstić information content (AvgIpc) is 2.97. The van der Waals surface area contributed by atoms with Gasteiger partial charge in [0.15, 0.2) is 0 Å². The number of imidazole rings is 1. The maximum absolute atomic E-state index is 13.8. The van der Waals surface area contributed by atoms with E-state index >= 15 is 0 Å². The number of nitrogens with one attached hydrogen (secondary N) is 2. The molecule has 4 aromatic rings. The van der Waals surface area contributed by atoms with Gasteiger partial charge in [-0.05, 0) is 76.6 Å². The Labute approximate surface area is 155 Å². The summed E-state index contributed by atoms with van der Waals surface area (Å²) >= 11 is 0. The van der Waals surface area contributed by atoms with Crippen LogP contribution in [-0.4, -0.2) is 9.97 Å². The minimum Gasteiger partial charge on any atom is -0.306 e. The molecule has 0 saturated carbocycles. The first-order valence-corrected chi connectivity index (χ1v) is 8.98. The molecule has 27 heavy (non-hydrogen) atoms. The van der Waals surface area contributed by atoms with Crippen LogP contribution < -0.4 is 5.69 Å². The molecule has 0 atom stereocenters. The van der Waals surface area contributed by atoms with E-state index in [1.165, 1.54) is 17.2 Å². The summed E-state index contributed by atoms with van der Waals surface area (Å²) in [6.07, 6.45) is 3.81. The SMILES string of the molecule is O=c1[nH]c2ccc(/C=C3/c4ccccc4CCc4cc(F)ccc43)cc2[nH]1. The van der Waals surface area contributed by atoms with E-state index in [9.17, 15) is 9.18 Å². The van der Waals surface area contributed by atoms with E-state index in [0.717, 1.165) is 46.1 Å². The zero-order valence-electron chi connectivity index (χ0n) is 14.6.